The number of rotatable bonds is 4. The summed E-state index contributed by atoms with van der Waals surface area (Å²) in [5, 5.41) is 0. The van der Waals surface area contributed by atoms with Gasteiger partial charge in [-0.1, -0.05) is 0 Å². The van der Waals surface area contributed by atoms with Crippen LogP contribution in [-0.4, -0.2) is 47.2 Å². The number of hydrogen-bond donors (Lipinski definition) is 0. The number of carbonyl (C=O) groups excluding carboxylic acids is 1. The number of morpholine rings is 1. The molecule has 0 bridgehead atoms. The van der Waals surface area contributed by atoms with E-state index in [1.165, 1.54) is 6.26 Å². The molecule has 2 aromatic rings. The minimum atomic E-state index is -0.0699. The normalized spacial score (nSPS) is 26.3. The second-order valence-corrected chi connectivity index (χ2v) is 6.16. The number of ether oxygens (including phenoxy) is 2. The zero-order valence-electron chi connectivity index (χ0n) is 13.3. The van der Waals surface area contributed by atoms with Crippen LogP contribution in [0.25, 0.3) is 0 Å². The van der Waals surface area contributed by atoms with Crippen molar-refractivity contribution in [1.29, 1.82) is 0 Å². The van der Waals surface area contributed by atoms with E-state index < -0.39 is 0 Å². The fourth-order valence-electron chi connectivity index (χ4n) is 3.57. The standard InChI is InChI=1S/C18H20N2O4/c21-18(16-2-1-10-22-16)20-9-11-23-17-14(20)3-4-15(17)24-12-13-5-7-19-8-6-13/h1-2,5-8,10,14-15,17H,3-4,9,11-12H2/t14-,15+,17+/m0/s1. The molecule has 1 saturated heterocycles. The van der Waals surface area contributed by atoms with Gasteiger partial charge in [-0.05, 0) is 42.7 Å². The van der Waals surface area contributed by atoms with Crippen LogP contribution in [-0.2, 0) is 16.1 Å². The van der Waals surface area contributed by atoms with E-state index >= 15 is 0 Å². The number of hydrogen-bond acceptors (Lipinski definition) is 5. The van der Waals surface area contributed by atoms with Gasteiger partial charge in [-0.3, -0.25) is 9.78 Å². The molecule has 0 aromatic carbocycles. The van der Waals surface area contributed by atoms with Crippen LogP contribution in [0.4, 0.5) is 0 Å². The molecule has 1 saturated carbocycles. The summed E-state index contributed by atoms with van der Waals surface area (Å²) in [7, 11) is 0. The number of carbonyl (C=O) groups is 1. The smallest absolute Gasteiger partial charge is 0.289 e. The SMILES string of the molecule is O=C(c1ccco1)N1CCO[C@H]2[C@H](OCc3ccncc3)CC[C@@H]21. The van der Waals surface area contributed by atoms with E-state index in [1.54, 1.807) is 24.5 Å². The van der Waals surface area contributed by atoms with Gasteiger partial charge in [-0.2, -0.15) is 0 Å². The van der Waals surface area contributed by atoms with Gasteiger partial charge < -0.3 is 18.8 Å². The fraction of sp³-hybridized carbons (Fsp3) is 0.444. The first kappa shape index (κ1) is 15.4. The Morgan fingerprint density at radius 2 is 2.17 bits per heavy atom. The van der Waals surface area contributed by atoms with E-state index in [2.05, 4.69) is 4.98 Å². The molecule has 3 atom stereocenters. The van der Waals surface area contributed by atoms with Crippen LogP contribution in [0.3, 0.4) is 0 Å². The minimum Gasteiger partial charge on any atom is -0.459 e. The van der Waals surface area contributed by atoms with Gasteiger partial charge in [0.15, 0.2) is 5.76 Å². The molecule has 6 heteroatoms. The zero-order valence-corrected chi connectivity index (χ0v) is 13.3. The Bertz CT molecular complexity index is 674. The molecule has 1 aliphatic heterocycles. The topological polar surface area (TPSA) is 64.8 Å². The van der Waals surface area contributed by atoms with E-state index in [9.17, 15) is 4.79 Å². The zero-order chi connectivity index (χ0) is 16.4. The van der Waals surface area contributed by atoms with E-state index in [0.717, 1.165) is 18.4 Å². The van der Waals surface area contributed by atoms with Crippen molar-refractivity contribution >= 4 is 5.91 Å². The van der Waals surface area contributed by atoms with Gasteiger partial charge >= 0.3 is 0 Å². The van der Waals surface area contributed by atoms with Crippen molar-refractivity contribution in [1.82, 2.24) is 9.88 Å². The average Bonchev–Trinajstić information content (AvgIpc) is 3.30. The lowest BCUT2D eigenvalue weighted by Crippen LogP contribution is -2.53. The predicted molar refractivity (Wildman–Crippen MR) is 85.3 cm³/mol. The molecule has 4 rings (SSSR count). The van der Waals surface area contributed by atoms with Crippen LogP contribution < -0.4 is 0 Å². The summed E-state index contributed by atoms with van der Waals surface area (Å²) in [6.07, 6.45) is 6.77. The Balaban J connectivity index is 1.42. The largest absolute Gasteiger partial charge is 0.459 e. The summed E-state index contributed by atoms with van der Waals surface area (Å²) in [5.41, 5.74) is 1.09. The Kier molecular flexibility index (Phi) is 4.32. The molecule has 0 spiro atoms. The van der Waals surface area contributed by atoms with Crippen molar-refractivity contribution < 1.29 is 18.7 Å². The van der Waals surface area contributed by atoms with Gasteiger partial charge in [0.05, 0.1) is 31.6 Å². The van der Waals surface area contributed by atoms with E-state index in [-0.39, 0.29) is 24.2 Å². The molecule has 1 amide bonds. The van der Waals surface area contributed by atoms with Gasteiger partial charge in [0.1, 0.15) is 6.10 Å². The van der Waals surface area contributed by atoms with Crippen LogP contribution in [0.1, 0.15) is 29.0 Å². The number of nitrogens with zero attached hydrogens (tertiary/aromatic N) is 2. The summed E-state index contributed by atoms with van der Waals surface area (Å²) in [5.74, 6) is 0.324. The lowest BCUT2D eigenvalue weighted by Gasteiger charge is -2.38. The van der Waals surface area contributed by atoms with Crippen molar-refractivity contribution in [3.63, 3.8) is 0 Å². The Morgan fingerprint density at radius 3 is 2.96 bits per heavy atom. The molecular weight excluding hydrogens is 308 g/mol. The summed E-state index contributed by atoms with van der Waals surface area (Å²) in [4.78, 5) is 18.5. The monoisotopic (exact) mass is 328 g/mol. The van der Waals surface area contributed by atoms with Gasteiger partial charge in [-0.15, -0.1) is 0 Å². The molecule has 24 heavy (non-hydrogen) atoms. The number of pyridine rings is 1. The predicted octanol–water partition coefficient (Wildman–Crippen LogP) is 2.26. The third kappa shape index (κ3) is 2.95. The molecule has 0 radical (unpaired) electrons. The molecule has 3 heterocycles. The van der Waals surface area contributed by atoms with Gasteiger partial charge in [0, 0.05) is 18.9 Å². The van der Waals surface area contributed by atoms with Crippen molar-refractivity contribution in [3.05, 3.63) is 54.2 Å². The van der Waals surface area contributed by atoms with Crippen molar-refractivity contribution in [2.45, 2.75) is 37.7 Å². The second-order valence-electron chi connectivity index (χ2n) is 6.16. The summed E-state index contributed by atoms with van der Waals surface area (Å²) < 4.78 is 17.3. The molecular formula is C18H20N2O4. The summed E-state index contributed by atoms with van der Waals surface area (Å²) in [6.45, 7) is 1.66. The maximum absolute atomic E-state index is 12.6. The average molecular weight is 328 g/mol. The molecule has 2 fully saturated rings. The number of fused-ring (bicyclic) bond motifs is 1. The number of aromatic nitrogens is 1. The first-order valence-electron chi connectivity index (χ1n) is 8.29. The highest BCUT2D eigenvalue weighted by atomic mass is 16.5. The molecule has 0 N–H and O–H groups in total. The van der Waals surface area contributed by atoms with Gasteiger partial charge in [0.25, 0.3) is 5.91 Å². The van der Waals surface area contributed by atoms with Crippen LogP contribution in [0.15, 0.2) is 47.3 Å². The molecule has 6 nitrogen and oxygen atoms in total. The summed E-state index contributed by atoms with van der Waals surface area (Å²) >= 11 is 0. The van der Waals surface area contributed by atoms with Crippen molar-refractivity contribution in [2.75, 3.05) is 13.2 Å². The molecule has 1 aliphatic carbocycles. The third-order valence-corrected chi connectivity index (χ3v) is 4.74. The summed E-state index contributed by atoms with van der Waals surface area (Å²) in [6, 6.07) is 7.39. The highest BCUT2D eigenvalue weighted by Crippen LogP contribution is 2.33. The minimum absolute atomic E-state index is 0.00960. The highest BCUT2D eigenvalue weighted by Gasteiger charge is 2.45. The van der Waals surface area contributed by atoms with Crippen molar-refractivity contribution in [3.8, 4) is 0 Å². The highest BCUT2D eigenvalue weighted by molar-refractivity contribution is 5.91. The van der Waals surface area contributed by atoms with E-state index in [4.69, 9.17) is 13.9 Å². The van der Waals surface area contributed by atoms with Crippen LogP contribution >= 0.6 is 0 Å². The van der Waals surface area contributed by atoms with E-state index in [0.29, 0.717) is 25.5 Å². The van der Waals surface area contributed by atoms with Crippen LogP contribution in [0.5, 0.6) is 0 Å². The second kappa shape index (κ2) is 6.75. The van der Waals surface area contributed by atoms with Crippen molar-refractivity contribution in [2.24, 2.45) is 0 Å². The first-order chi connectivity index (χ1) is 11.8. The third-order valence-electron chi connectivity index (χ3n) is 4.74. The fourth-order valence-corrected chi connectivity index (χ4v) is 3.57. The molecule has 2 aromatic heterocycles. The van der Waals surface area contributed by atoms with Gasteiger partial charge in [0.2, 0.25) is 0 Å². The Labute approximate surface area is 140 Å². The maximum Gasteiger partial charge on any atom is 0.289 e. The first-order valence-corrected chi connectivity index (χ1v) is 8.29. The number of furan rings is 1. The van der Waals surface area contributed by atoms with Crippen LogP contribution in [0, 0.1) is 0 Å². The quantitative estimate of drug-likeness (QED) is 0.861. The lowest BCUT2D eigenvalue weighted by atomic mass is 10.1. The molecule has 0 unspecified atom stereocenters. The Morgan fingerprint density at radius 1 is 1.29 bits per heavy atom. The van der Waals surface area contributed by atoms with Crippen LogP contribution in [0.2, 0.25) is 0 Å². The lowest BCUT2D eigenvalue weighted by molar-refractivity contribution is -0.108. The Hall–Kier alpha value is -2.18. The number of amides is 1. The molecule has 2 aliphatic rings. The molecule has 126 valence electrons. The van der Waals surface area contributed by atoms with E-state index in [1.807, 2.05) is 17.0 Å². The maximum atomic E-state index is 12.6. The van der Waals surface area contributed by atoms with Gasteiger partial charge in [-0.25, -0.2) is 0 Å².